The smallest absolute Gasteiger partial charge is 0.253 e. The molecule has 0 aliphatic carbocycles. The zero-order valence-corrected chi connectivity index (χ0v) is 14.2. The van der Waals surface area contributed by atoms with E-state index >= 15 is 0 Å². The minimum atomic E-state index is -0.241. The van der Waals surface area contributed by atoms with E-state index in [1.54, 1.807) is 30.3 Å². The van der Waals surface area contributed by atoms with Crippen LogP contribution in [0.1, 0.15) is 28.9 Å². The highest BCUT2D eigenvalue weighted by Gasteiger charge is 2.16. The number of aromatic nitrogens is 4. The normalized spacial score (nSPS) is 12.0. The van der Waals surface area contributed by atoms with Crippen molar-refractivity contribution < 1.29 is 4.79 Å². The number of carbonyl (C=O) groups excluding carboxylic acids is 1. The van der Waals surface area contributed by atoms with E-state index < -0.39 is 0 Å². The summed E-state index contributed by atoms with van der Waals surface area (Å²) in [4.78, 5) is 12.6. The Kier molecular flexibility index (Phi) is 4.78. The van der Waals surface area contributed by atoms with E-state index in [0.29, 0.717) is 21.3 Å². The van der Waals surface area contributed by atoms with Crippen LogP contribution in [0.2, 0.25) is 10.0 Å². The maximum Gasteiger partial charge on any atom is 0.253 e. The summed E-state index contributed by atoms with van der Waals surface area (Å²) in [5.74, 6) is -0.236. The van der Waals surface area contributed by atoms with E-state index in [0.717, 1.165) is 5.56 Å². The van der Waals surface area contributed by atoms with Gasteiger partial charge in [-0.15, -0.1) is 5.10 Å². The van der Waals surface area contributed by atoms with Gasteiger partial charge in [0.25, 0.3) is 5.91 Å². The van der Waals surface area contributed by atoms with Crippen LogP contribution in [0.3, 0.4) is 0 Å². The second-order valence-corrected chi connectivity index (χ2v) is 5.95. The Bertz CT molecular complexity index is 867. The first kappa shape index (κ1) is 16.4. The predicted octanol–water partition coefficient (Wildman–Crippen LogP) is 3.46. The van der Waals surface area contributed by atoms with E-state index in [4.69, 9.17) is 23.2 Å². The van der Waals surface area contributed by atoms with Crippen LogP contribution in [0.4, 0.5) is 0 Å². The summed E-state index contributed by atoms with van der Waals surface area (Å²) >= 11 is 12.0. The molecule has 0 fully saturated rings. The molecular formula is C16H13Cl2N5O. The summed E-state index contributed by atoms with van der Waals surface area (Å²) in [6, 6.07) is 12.1. The summed E-state index contributed by atoms with van der Waals surface area (Å²) in [5.41, 5.74) is 1.93. The predicted molar refractivity (Wildman–Crippen MR) is 91.5 cm³/mol. The van der Waals surface area contributed by atoms with Gasteiger partial charge in [-0.05, 0) is 47.2 Å². The first-order valence-corrected chi connectivity index (χ1v) is 7.90. The molecule has 122 valence electrons. The zero-order chi connectivity index (χ0) is 17.1. The van der Waals surface area contributed by atoms with Gasteiger partial charge in [0.2, 0.25) is 0 Å². The molecule has 0 aliphatic heterocycles. The third-order valence-corrected chi connectivity index (χ3v) is 4.27. The van der Waals surface area contributed by atoms with Crippen molar-refractivity contribution in [2.24, 2.45) is 0 Å². The Morgan fingerprint density at radius 2 is 1.96 bits per heavy atom. The fourth-order valence-corrected chi connectivity index (χ4v) is 2.58. The van der Waals surface area contributed by atoms with Crippen LogP contribution in [0.5, 0.6) is 0 Å². The largest absolute Gasteiger partial charge is 0.345 e. The quantitative estimate of drug-likeness (QED) is 0.772. The van der Waals surface area contributed by atoms with Crippen molar-refractivity contribution in [3.05, 3.63) is 70.0 Å². The molecule has 0 radical (unpaired) electrons. The second-order valence-electron chi connectivity index (χ2n) is 5.14. The number of rotatable bonds is 4. The minimum absolute atomic E-state index is 0.236. The summed E-state index contributed by atoms with van der Waals surface area (Å²) in [6.07, 6.45) is 1.44. The first-order chi connectivity index (χ1) is 11.6. The molecule has 3 rings (SSSR count). The summed E-state index contributed by atoms with van der Waals surface area (Å²) < 4.78 is 1.44. The van der Waals surface area contributed by atoms with E-state index in [2.05, 4.69) is 20.8 Å². The first-order valence-electron chi connectivity index (χ1n) is 7.14. The Morgan fingerprint density at radius 1 is 1.17 bits per heavy atom. The van der Waals surface area contributed by atoms with Crippen LogP contribution in [-0.2, 0) is 0 Å². The van der Waals surface area contributed by atoms with E-state index in [9.17, 15) is 4.79 Å². The van der Waals surface area contributed by atoms with Crippen molar-refractivity contribution in [2.75, 3.05) is 0 Å². The number of hydrogen-bond donors (Lipinski definition) is 1. The lowest BCUT2D eigenvalue weighted by molar-refractivity contribution is 0.0939. The molecule has 0 aliphatic rings. The topological polar surface area (TPSA) is 72.7 Å². The zero-order valence-electron chi connectivity index (χ0n) is 12.6. The molecule has 8 heteroatoms. The molecule has 1 N–H and O–H groups in total. The molecular weight excluding hydrogens is 349 g/mol. The van der Waals surface area contributed by atoms with Crippen LogP contribution in [-0.4, -0.2) is 26.1 Å². The van der Waals surface area contributed by atoms with Gasteiger partial charge in [0, 0.05) is 0 Å². The molecule has 24 heavy (non-hydrogen) atoms. The number of hydrogen-bond acceptors (Lipinski definition) is 4. The summed E-state index contributed by atoms with van der Waals surface area (Å²) in [6.45, 7) is 1.87. The number of carbonyl (C=O) groups is 1. The summed E-state index contributed by atoms with van der Waals surface area (Å²) in [7, 11) is 0. The van der Waals surface area contributed by atoms with E-state index in [1.165, 1.54) is 11.0 Å². The lowest BCUT2D eigenvalue weighted by Gasteiger charge is -2.16. The number of amides is 1. The standard InChI is InChI=1S/C16H13Cl2N5O/c1-10(11-6-7-13(17)14(18)8-11)20-16(24)12-4-2-3-5-15(12)23-9-19-21-22-23/h2-10H,1H3,(H,20,24). The van der Waals surface area contributed by atoms with Crippen LogP contribution in [0.25, 0.3) is 5.69 Å². The molecule has 6 nitrogen and oxygen atoms in total. The Hall–Kier alpha value is -2.44. The van der Waals surface area contributed by atoms with Crippen LogP contribution in [0, 0.1) is 0 Å². The van der Waals surface area contributed by atoms with Crippen molar-refractivity contribution in [3.8, 4) is 5.69 Å². The van der Waals surface area contributed by atoms with Crippen LogP contribution >= 0.6 is 23.2 Å². The monoisotopic (exact) mass is 361 g/mol. The molecule has 0 saturated heterocycles. The molecule has 2 aromatic carbocycles. The molecule has 0 spiro atoms. The number of halogens is 2. The van der Waals surface area contributed by atoms with Gasteiger partial charge in [-0.25, -0.2) is 0 Å². The van der Waals surface area contributed by atoms with Crippen molar-refractivity contribution in [1.29, 1.82) is 0 Å². The maximum atomic E-state index is 12.6. The van der Waals surface area contributed by atoms with Gasteiger partial charge >= 0.3 is 0 Å². The lowest BCUT2D eigenvalue weighted by Crippen LogP contribution is -2.27. The van der Waals surface area contributed by atoms with Crippen LogP contribution in [0.15, 0.2) is 48.8 Å². The number of tetrazole rings is 1. The van der Waals surface area contributed by atoms with Gasteiger partial charge in [-0.1, -0.05) is 41.4 Å². The molecule has 0 saturated carbocycles. The molecule has 0 bridgehead atoms. The summed E-state index contributed by atoms with van der Waals surface area (Å²) in [5, 5.41) is 14.9. The third kappa shape index (κ3) is 3.39. The van der Waals surface area contributed by atoms with Crippen LogP contribution < -0.4 is 5.32 Å². The third-order valence-electron chi connectivity index (χ3n) is 3.54. The molecule has 3 aromatic rings. The fraction of sp³-hybridized carbons (Fsp3) is 0.125. The Labute approximate surface area is 148 Å². The highest BCUT2D eigenvalue weighted by atomic mass is 35.5. The van der Waals surface area contributed by atoms with Gasteiger partial charge < -0.3 is 5.32 Å². The van der Waals surface area contributed by atoms with Crippen molar-refractivity contribution in [2.45, 2.75) is 13.0 Å². The fourth-order valence-electron chi connectivity index (χ4n) is 2.28. The number of nitrogens with one attached hydrogen (secondary N) is 1. The highest BCUT2D eigenvalue weighted by molar-refractivity contribution is 6.42. The number of nitrogens with zero attached hydrogens (tertiary/aromatic N) is 4. The second kappa shape index (κ2) is 6.98. The van der Waals surface area contributed by atoms with Gasteiger partial charge in [-0.2, -0.15) is 4.68 Å². The van der Waals surface area contributed by atoms with E-state index in [1.807, 2.05) is 19.1 Å². The van der Waals surface area contributed by atoms with Gasteiger partial charge in [0.05, 0.1) is 27.3 Å². The Balaban J connectivity index is 1.84. The van der Waals surface area contributed by atoms with Crippen molar-refractivity contribution >= 4 is 29.1 Å². The number of benzene rings is 2. The lowest BCUT2D eigenvalue weighted by atomic mass is 10.1. The minimum Gasteiger partial charge on any atom is -0.345 e. The molecule has 1 atom stereocenters. The molecule has 1 heterocycles. The molecule has 1 unspecified atom stereocenters. The van der Waals surface area contributed by atoms with Crippen molar-refractivity contribution in [3.63, 3.8) is 0 Å². The average molecular weight is 362 g/mol. The van der Waals surface area contributed by atoms with E-state index in [-0.39, 0.29) is 11.9 Å². The van der Waals surface area contributed by atoms with Gasteiger partial charge in [0.15, 0.2) is 0 Å². The van der Waals surface area contributed by atoms with Crippen molar-refractivity contribution in [1.82, 2.24) is 25.5 Å². The highest BCUT2D eigenvalue weighted by Crippen LogP contribution is 2.26. The average Bonchev–Trinajstić information content (AvgIpc) is 3.11. The maximum absolute atomic E-state index is 12.6. The van der Waals surface area contributed by atoms with Gasteiger partial charge in [0.1, 0.15) is 6.33 Å². The SMILES string of the molecule is CC(NC(=O)c1ccccc1-n1cnnn1)c1ccc(Cl)c(Cl)c1. The molecule has 1 amide bonds. The number of para-hydroxylation sites is 1. The molecule has 1 aromatic heterocycles. The van der Waals surface area contributed by atoms with Gasteiger partial charge in [-0.3, -0.25) is 4.79 Å². The Morgan fingerprint density at radius 3 is 2.67 bits per heavy atom.